The van der Waals surface area contributed by atoms with Gasteiger partial charge in [0, 0.05) is 13.1 Å². The SMILES string of the molecule is CC1(CNC(=O)c2cccc3c2OCCN3)CCCC1. The molecule has 1 aromatic rings. The number of amides is 1. The molecule has 20 heavy (non-hydrogen) atoms. The first-order valence-electron chi connectivity index (χ1n) is 7.46. The molecular formula is C16H22N2O2. The molecule has 0 spiro atoms. The summed E-state index contributed by atoms with van der Waals surface area (Å²) in [7, 11) is 0. The Bertz CT molecular complexity index is 507. The van der Waals surface area contributed by atoms with Crippen molar-refractivity contribution in [2.24, 2.45) is 5.41 Å². The van der Waals surface area contributed by atoms with E-state index < -0.39 is 0 Å². The van der Waals surface area contributed by atoms with Crippen LogP contribution in [-0.2, 0) is 0 Å². The fraction of sp³-hybridized carbons (Fsp3) is 0.562. The molecule has 2 N–H and O–H groups in total. The number of carbonyl (C=O) groups is 1. The number of carbonyl (C=O) groups excluding carboxylic acids is 1. The number of fused-ring (bicyclic) bond motifs is 1. The Hall–Kier alpha value is -1.71. The Balaban J connectivity index is 1.71. The van der Waals surface area contributed by atoms with Crippen molar-refractivity contribution in [3.05, 3.63) is 23.8 Å². The molecule has 2 aliphatic rings. The number of benzene rings is 1. The number of ether oxygens (including phenoxy) is 1. The van der Waals surface area contributed by atoms with Crippen LogP contribution in [0.2, 0.25) is 0 Å². The summed E-state index contributed by atoms with van der Waals surface area (Å²) in [5, 5.41) is 6.34. The lowest BCUT2D eigenvalue weighted by molar-refractivity contribution is 0.0930. The summed E-state index contributed by atoms with van der Waals surface area (Å²) in [5.41, 5.74) is 1.82. The predicted molar refractivity (Wildman–Crippen MR) is 79.3 cm³/mol. The van der Waals surface area contributed by atoms with Crippen LogP contribution in [0.1, 0.15) is 43.0 Å². The van der Waals surface area contributed by atoms with Crippen molar-refractivity contribution in [1.29, 1.82) is 0 Å². The van der Waals surface area contributed by atoms with E-state index >= 15 is 0 Å². The first-order valence-corrected chi connectivity index (χ1v) is 7.46. The number of hydrogen-bond donors (Lipinski definition) is 2. The standard InChI is InChI=1S/C16H22N2O2/c1-16(7-2-3-8-16)11-18-15(19)12-5-4-6-13-14(12)20-10-9-17-13/h4-6,17H,2-3,7-11H2,1H3,(H,18,19). The van der Waals surface area contributed by atoms with Crippen molar-refractivity contribution in [3.63, 3.8) is 0 Å². The highest BCUT2D eigenvalue weighted by atomic mass is 16.5. The molecule has 1 amide bonds. The van der Waals surface area contributed by atoms with Gasteiger partial charge in [0.1, 0.15) is 6.61 Å². The molecule has 1 aliphatic heterocycles. The van der Waals surface area contributed by atoms with Crippen LogP contribution in [0.5, 0.6) is 5.75 Å². The minimum absolute atomic E-state index is 0.0290. The van der Waals surface area contributed by atoms with E-state index in [1.807, 2.05) is 18.2 Å². The van der Waals surface area contributed by atoms with E-state index in [9.17, 15) is 4.79 Å². The molecule has 4 nitrogen and oxygen atoms in total. The Morgan fingerprint density at radius 3 is 3.00 bits per heavy atom. The summed E-state index contributed by atoms with van der Waals surface area (Å²) < 4.78 is 5.65. The van der Waals surface area contributed by atoms with Gasteiger partial charge in [0.25, 0.3) is 5.91 Å². The van der Waals surface area contributed by atoms with E-state index in [4.69, 9.17) is 4.74 Å². The lowest BCUT2D eigenvalue weighted by Gasteiger charge is -2.25. The van der Waals surface area contributed by atoms with E-state index in [1.165, 1.54) is 25.7 Å². The second-order valence-corrected chi connectivity index (χ2v) is 6.16. The lowest BCUT2D eigenvalue weighted by atomic mass is 9.89. The predicted octanol–water partition coefficient (Wildman–Crippen LogP) is 2.80. The highest BCUT2D eigenvalue weighted by molar-refractivity contribution is 5.99. The molecule has 4 heteroatoms. The number of rotatable bonds is 3. The Kier molecular flexibility index (Phi) is 3.55. The zero-order valence-corrected chi connectivity index (χ0v) is 12.0. The Labute approximate surface area is 119 Å². The van der Waals surface area contributed by atoms with Crippen LogP contribution in [0, 0.1) is 5.41 Å². The summed E-state index contributed by atoms with van der Waals surface area (Å²) in [4.78, 5) is 12.4. The molecule has 0 radical (unpaired) electrons. The summed E-state index contributed by atoms with van der Waals surface area (Å²) in [5.74, 6) is 0.659. The highest BCUT2D eigenvalue weighted by Gasteiger charge is 2.29. The van der Waals surface area contributed by atoms with Gasteiger partial charge in [0.2, 0.25) is 0 Å². The smallest absolute Gasteiger partial charge is 0.255 e. The molecule has 1 aromatic carbocycles. The van der Waals surface area contributed by atoms with Gasteiger partial charge in [-0.15, -0.1) is 0 Å². The molecule has 1 saturated carbocycles. The second kappa shape index (κ2) is 5.35. The van der Waals surface area contributed by atoms with Gasteiger partial charge < -0.3 is 15.4 Å². The monoisotopic (exact) mass is 274 g/mol. The van der Waals surface area contributed by atoms with Crippen molar-refractivity contribution in [3.8, 4) is 5.75 Å². The van der Waals surface area contributed by atoms with Crippen LogP contribution >= 0.6 is 0 Å². The van der Waals surface area contributed by atoms with E-state index in [2.05, 4.69) is 17.6 Å². The van der Waals surface area contributed by atoms with E-state index in [0.717, 1.165) is 18.8 Å². The van der Waals surface area contributed by atoms with Gasteiger partial charge in [-0.1, -0.05) is 25.8 Å². The zero-order valence-electron chi connectivity index (χ0n) is 12.0. The molecule has 1 fully saturated rings. The van der Waals surface area contributed by atoms with Gasteiger partial charge in [0.15, 0.2) is 5.75 Å². The normalized spacial score (nSPS) is 19.6. The fourth-order valence-corrected chi connectivity index (χ4v) is 3.14. The van der Waals surface area contributed by atoms with Crippen LogP contribution in [-0.4, -0.2) is 25.6 Å². The van der Waals surface area contributed by atoms with E-state index in [0.29, 0.717) is 17.9 Å². The van der Waals surface area contributed by atoms with E-state index in [1.54, 1.807) is 0 Å². The third-order valence-corrected chi connectivity index (χ3v) is 4.41. The van der Waals surface area contributed by atoms with E-state index in [-0.39, 0.29) is 11.3 Å². The van der Waals surface area contributed by atoms with Gasteiger partial charge in [-0.3, -0.25) is 4.79 Å². The van der Waals surface area contributed by atoms with Crippen LogP contribution in [0.15, 0.2) is 18.2 Å². The highest BCUT2D eigenvalue weighted by Crippen LogP contribution is 2.37. The average Bonchev–Trinajstić information content (AvgIpc) is 2.91. The molecule has 0 saturated heterocycles. The van der Waals surface area contributed by atoms with Crippen molar-refractivity contribution in [2.75, 3.05) is 25.0 Å². The summed E-state index contributed by atoms with van der Waals surface area (Å²) in [6.07, 6.45) is 4.97. The molecule has 1 heterocycles. The zero-order chi connectivity index (χ0) is 14.0. The minimum Gasteiger partial charge on any atom is -0.489 e. The summed E-state index contributed by atoms with van der Waals surface area (Å²) >= 11 is 0. The van der Waals surface area contributed by atoms with Gasteiger partial charge >= 0.3 is 0 Å². The number of hydrogen-bond acceptors (Lipinski definition) is 3. The van der Waals surface area contributed by atoms with Crippen molar-refractivity contribution in [1.82, 2.24) is 5.32 Å². The van der Waals surface area contributed by atoms with Crippen LogP contribution < -0.4 is 15.4 Å². The topological polar surface area (TPSA) is 50.4 Å². The molecule has 0 bridgehead atoms. The summed E-state index contributed by atoms with van der Waals surface area (Å²) in [6, 6.07) is 5.68. The third-order valence-electron chi connectivity index (χ3n) is 4.41. The first-order chi connectivity index (χ1) is 9.68. The fourth-order valence-electron chi connectivity index (χ4n) is 3.14. The molecule has 3 rings (SSSR count). The second-order valence-electron chi connectivity index (χ2n) is 6.16. The van der Waals surface area contributed by atoms with Gasteiger partial charge in [-0.2, -0.15) is 0 Å². The van der Waals surface area contributed by atoms with Gasteiger partial charge in [0.05, 0.1) is 11.3 Å². The van der Waals surface area contributed by atoms with Crippen molar-refractivity contribution in [2.45, 2.75) is 32.6 Å². The van der Waals surface area contributed by atoms with Gasteiger partial charge in [-0.05, 0) is 30.4 Å². The Morgan fingerprint density at radius 2 is 2.20 bits per heavy atom. The molecule has 0 atom stereocenters. The molecular weight excluding hydrogens is 252 g/mol. The number of nitrogens with one attached hydrogen (secondary N) is 2. The maximum atomic E-state index is 12.4. The minimum atomic E-state index is -0.0290. The molecule has 108 valence electrons. The van der Waals surface area contributed by atoms with Crippen molar-refractivity contribution < 1.29 is 9.53 Å². The van der Waals surface area contributed by atoms with Crippen LogP contribution in [0.25, 0.3) is 0 Å². The van der Waals surface area contributed by atoms with Gasteiger partial charge in [-0.25, -0.2) is 0 Å². The number of para-hydroxylation sites is 1. The van der Waals surface area contributed by atoms with Crippen LogP contribution in [0.3, 0.4) is 0 Å². The van der Waals surface area contributed by atoms with Crippen LogP contribution in [0.4, 0.5) is 5.69 Å². The average molecular weight is 274 g/mol. The number of anilines is 1. The molecule has 0 aromatic heterocycles. The molecule has 1 aliphatic carbocycles. The largest absolute Gasteiger partial charge is 0.489 e. The maximum Gasteiger partial charge on any atom is 0.255 e. The molecule has 0 unspecified atom stereocenters. The maximum absolute atomic E-state index is 12.4. The van der Waals surface area contributed by atoms with Crippen molar-refractivity contribution >= 4 is 11.6 Å². The quantitative estimate of drug-likeness (QED) is 0.891. The third kappa shape index (κ3) is 2.60. The summed E-state index contributed by atoms with van der Waals surface area (Å²) in [6.45, 7) is 4.41. The Morgan fingerprint density at radius 1 is 1.40 bits per heavy atom. The lowest BCUT2D eigenvalue weighted by Crippen LogP contribution is -2.34. The first kappa shape index (κ1) is 13.3.